The summed E-state index contributed by atoms with van der Waals surface area (Å²) < 4.78 is 0. The van der Waals surface area contributed by atoms with E-state index in [1.807, 2.05) is 52.8 Å². The molecule has 0 unspecified atom stereocenters. The molecule has 0 saturated heterocycles. The average molecular weight is 697 g/mol. The first-order chi connectivity index (χ1) is 24.3. The highest BCUT2D eigenvalue weighted by Gasteiger charge is 2.44. The van der Waals surface area contributed by atoms with Gasteiger partial charge in [0.15, 0.2) is 0 Å². The van der Waals surface area contributed by atoms with Crippen LogP contribution in [0.1, 0.15) is 112 Å². The van der Waals surface area contributed by atoms with E-state index in [2.05, 4.69) is 110 Å². The number of carbonyl (C=O) groups excluding carboxylic acids is 2. The maximum atomic E-state index is 12.5. The van der Waals surface area contributed by atoms with Gasteiger partial charge in [0.1, 0.15) is 23.2 Å². The van der Waals surface area contributed by atoms with Crippen molar-refractivity contribution >= 4 is 41.2 Å². The summed E-state index contributed by atoms with van der Waals surface area (Å²) in [5, 5.41) is 7.87. The third-order valence-electron chi connectivity index (χ3n) is 8.90. The van der Waals surface area contributed by atoms with Crippen LogP contribution < -0.4 is 32.1 Å². The number of nitrogens with one attached hydrogen (secondary N) is 3. The molecule has 0 bridgehead atoms. The number of unbranched alkanes of at least 4 members (excludes halogenated alkanes) is 7. The fourth-order valence-corrected chi connectivity index (χ4v) is 10.6. The van der Waals surface area contributed by atoms with Gasteiger partial charge in [-0.05, 0) is 95.0 Å². The summed E-state index contributed by atoms with van der Waals surface area (Å²) in [6.07, 6.45) is 11.4. The van der Waals surface area contributed by atoms with Crippen LogP contribution in [0, 0.1) is 27.7 Å². The van der Waals surface area contributed by atoms with E-state index in [0.29, 0.717) is 12.0 Å². The molecule has 4 aromatic rings. The molecule has 4 aromatic carbocycles. The number of hydrazine groups is 1. The molecule has 4 rings (SSSR count). The van der Waals surface area contributed by atoms with Crippen molar-refractivity contribution in [3.05, 3.63) is 119 Å². The largest absolute Gasteiger partial charge is 0.384 e. The fraction of sp³-hybridized carbons (Fsp3) is 0.409. The molecule has 0 aliphatic carbocycles. The van der Waals surface area contributed by atoms with Gasteiger partial charge in [-0.3, -0.25) is 20.4 Å². The van der Waals surface area contributed by atoms with Crippen LogP contribution in [0.3, 0.4) is 0 Å². The summed E-state index contributed by atoms with van der Waals surface area (Å²) in [4.78, 5) is 23.0. The van der Waals surface area contributed by atoms with Gasteiger partial charge in [-0.1, -0.05) is 125 Å². The summed E-state index contributed by atoms with van der Waals surface area (Å²) in [5.74, 6) is -0.316. The Labute approximate surface area is 304 Å². The molecule has 3 N–H and O–H groups in total. The van der Waals surface area contributed by atoms with E-state index in [-0.39, 0.29) is 5.91 Å². The number of aryl methyl sites for hydroxylation is 4. The lowest BCUT2D eigenvalue weighted by Gasteiger charge is -2.28. The van der Waals surface area contributed by atoms with Crippen LogP contribution in [-0.2, 0) is 4.79 Å². The molecular weight excluding hydrogens is 633 g/mol. The second kappa shape index (κ2) is 23.5. The summed E-state index contributed by atoms with van der Waals surface area (Å²) in [6, 6.07) is 33.8. The Balaban J connectivity index is 0.00000209. The van der Waals surface area contributed by atoms with Crippen molar-refractivity contribution in [1.82, 2.24) is 10.9 Å². The van der Waals surface area contributed by atoms with Crippen molar-refractivity contribution in [2.24, 2.45) is 0 Å². The molecule has 2 amide bonds. The maximum absolute atomic E-state index is 12.5. The third kappa shape index (κ3) is 12.4. The van der Waals surface area contributed by atoms with Crippen molar-refractivity contribution in [1.29, 1.82) is 0 Å². The minimum Gasteiger partial charge on any atom is -0.384 e. The number of hydrogen-bond donors (Lipinski definition) is 3. The van der Waals surface area contributed by atoms with Gasteiger partial charge in [-0.25, -0.2) is 0 Å². The standard InChI is InChI=1S/C40H50N3O2P.2C2H6/c1-31-16-22-35(23-17-31)46(36-24-18-32(2)19-25-36,37-26-20-33(3)21-27-37)29-12-10-8-6-5-7-9-11-28-41-38-15-13-14-34(4)39(38)40(45)43-42-30-44;2*1-2/h13-27,30H,5-12,28-29H2,1-4H3,(H2-,41,42,43,44,45);2*1-2H3/p+1. The van der Waals surface area contributed by atoms with Crippen LogP contribution in [0.4, 0.5) is 5.69 Å². The van der Waals surface area contributed by atoms with Gasteiger partial charge < -0.3 is 5.32 Å². The van der Waals surface area contributed by atoms with Crippen molar-refractivity contribution in [3.63, 3.8) is 0 Å². The number of amides is 2. The molecule has 50 heavy (non-hydrogen) atoms. The van der Waals surface area contributed by atoms with Gasteiger partial charge in [-0.2, -0.15) is 0 Å². The zero-order valence-electron chi connectivity index (χ0n) is 32.1. The van der Waals surface area contributed by atoms with E-state index in [4.69, 9.17) is 0 Å². The lowest BCUT2D eigenvalue weighted by atomic mass is 10.1. The van der Waals surface area contributed by atoms with Gasteiger partial charge in [0, 0.05) is 12.2 Å². The van der Waals surface area contributed by atoms with Gasteiger partial charge in [0.25, 0.3) is 5.91 Å². The summed E-state index contributed by atoms with van der Waals surface area (Å²) >= 11 is 0. The van der Waals surface area contributed by atoms with Crippen LogP contribution in [0.15, 0.2) is 91.0 Å². The van der Waals surface area contributed by atoms with Crippen LogP contribution in [0.25, 0.3) is 0 Å². The molecule has 0 atom stereocenters. The van der Waals surface area contributed by atoms with Gasteiger partial charge >= 0.3 is 0 Å². The first-order valence-corrected chi connectivity index (χ1v) is 20.8. The minimum atomic E-state index is -1.78. The Morgan fingerprint density at radius 3 is 1.44 bits per heavy atom. The molecule has 0 saturated carbocycles. The van der Waals surface area contributed by atoms with Crippen molar-refractivity contribution in [2.75, 3.05) is 18.0 Å². The molecule has 6 heteroatoms. The van der Waals surface area contributed by atoms with E-state index < -0.39 is 7.26 Å². The van der Waals surface area contributed by atoms with E-state index in [9.17, 15) is 9.59 Å². The highest BCUT2D eigenvalue weighted by molar-refractivity contribution is 7.95. The first kappa shape index (κ1) is 42.2. The van der Waals surface area contributed by atoms with Gasteiger partial charge in [0.05, 0.1) is 11.7 Å². The number of anilines is 1. The first-order valence-electron chi connectivity index (χ1n) is 18.8. The summed E-state index contributed by atoms with van der Waals surface area (Å²) in [6.45, 7) is 17.2. The van der Waals surface area contributed by atoms with E-state index in [1.165, 1.54) is 77.3 Å². The molecule has 0 aromatic heterocycles. The van der Waals surface area contributed by atoms with Crippen LogP contribution in [-0.4, -0.2) is 25.0 Å². The topological polar surface area (TPSA) is 70.2 Å². The summed E-state index contributed by atoms with van der Waals surface area (Å²) in [5.41, 5.74) is 10.8. The van der Waals surface area contributed by atoms with E-state index >= 15 is 0 Å². The normalized spacial score (nSPS) is 10.6. The zero-order chi connectivity index (χ0) is 36.8. The Morgan fingerprint density at radius 2 is 1.00 bits per heavy atom. The average Bonchev–Trinajstić information content (AvgIpc) is 3.14. The Morgan fingerprint density at radius 1 is 0.580 bits per heavy atom. The Hall–Kier alpha value is -3.95. The lowest BCUT2D eigenvalue weighted by Crippen LogP contribution is -2.37. The Kier molecular flexibility index (Phi) is 19.8. The molecule has 0 fully saturated rings. The Bertz CT molecular complexity index is 1420. The van der Waals surface area contributed by atoms with E-state index in [1.54, 1.807) is 0 Å². The maximum Gasteiger partial charge on any atom is 0.272 e. The van der Waals surface area contributed by atoms with Gasteiger partial charge in [-0.15, -0.1) is 0 Å². The smallest absolute Gasteiger partial charge is 0.272 e. The van der Waals surface area contributed by atoms with E-state index in [0.717, 1.165) is 30.6 Å². The molecule has 270 valence electrons. The number of rotatable bonds is 18. The predicted molar refractivity (Wildman–Crippen MR) is 220 cm³/mol. The number of hydrogen-bond acceptors (Lipinski definition) is 3. The molecule has 0 heterocycles. The number of carbonyl (C=O) groups is 2. The highest BCUT2D eigenvalue weighted by Crippen LogP contribution is 2.56. The monoisotopic (exact) mass is 696 g/mol. The summed E-state index contributed by atoms with van der Waals surface area (Å²) in [7, 11) is -1.78. The third-order valence-corrected chi connectivity index (χ3v) is 13.4. The molecular formula is C44H63N3O2P+. The molecule has 0 radical (unpaired) electrons. The second-order valence-corrected chi connectivity index (χ2v) is 16.1. The SMILES string of the molecule is CC.CC.Cc1ccc([P+](CCCCCCCCCCNc2cccc(C)c2C(=O)NNC=O)(c2ccc(C)cc2)c2ccc(C)cc2)cc1. The van der Waals surface area contributed by atoms with Crippen LogP contribution in [0.5, 0.6) is 0 Å². The van der Waals surface area contributed by atoms with Crippen LogP contribution >= 0.6 is 7.26 Å². The number of benzene rings is 4. The molecule has 0 aliphatic rings. The zero-order valence-corrected chi connectivity index (χ0v) is 33.0. The van der Waals surface area contributed by atoms with Crippen molar-refractivity contribution in [3.8, 4) is 0 Å². The predicted octanol–water partition coefficient (Wildman–Crippen LogP) is 9.89. The second-order valence-electron chi connectivity index (χ2n) is 12.5. The molecule has 0 spiro atoms. The quantitative estimate of drug-likeness (QED) is 0.0420. The van der Waals surface area contributed by atoms with Crippen molar-refractivity contribution in [2.45, 2.75) is 107 Å². The molecule has 5 nitrogen and oxygen atoms in total. The highest BCUT2D eigenvalue weighted by atomic mass is 31.2. The lowest BCUT2D eigenvalue weighted by molar-refractivity contribution is -0.110. The fourth-order valence-electron chi connectivity index (χ4n) is 6.26. The van der Waals surface area contributed by atoms with Crippen LogP contribution in [0.2, 0.25) is 0 Å². The molecule has 0 aliphatic heterocycles. The minimum absolute atomic E-state index is 0.316. The van der Waals surface area contributed by atoms with Gasteiger partial charge in [0.2, 0.25) is 6.41 Å². The van der Waals surface area contributed by atoms with Crippen molar-refractivity contribution < 1.29 is 9.59 Å².